The summed E-state index contributed by atoms with van der Waals surface area (Å²) in [5, 5.41) is 13.1. The monoisotopic (exact) mass is 506 g/mol. The first-order chi connectivity index (χ1) is 17.8. The van der Waals surface area contributed by atoms with Crippen LogP contribution < -0.4 is 5.32 Å². The molecule has 0 aromatic carbocycles. The molecule has 37 heavy (non-hydrogen) atoms. The molecule has 0 unspecified atom stereocenters. The summed E-state index contributed by atoms with van der Waals surface area (Å²) in [5.74, 6) is 0.642. The maximum Gasteiger partial charge on any atom is 0.161 e. The van der Waals surface area contributed by atoms with Gasteiger partial charge in [0.05, 0.1) is 34.8 Å². The lowest BCUT2D eigenvalue weighted by Crippen LogP contribution is -2.10. The minimum atomic E-state index is 0.149. The molecule has 6 heterocycles. The third kappa shape index (κ3) is 4.61. The van der Waals surface area contributed by atoms with Crippen molar-refractivity contribution in [1.29, 1.82) is 0 Å². The van der Waals surface area contributed by atoms with E-state index in [9.17, 15) is 0 Å². The molecule has 6 rings (SSSR count). The number of thiophene rings is 1. The van der Waals surface area contributed by atoms with Gasteiger partial charge in [-0.15, -0.1) is 11.3 Å². The normalized spacial score (nSPS) is 11.9. The first kappa shape index (κ1) is 23.1. The van der Waals surface area contributed by atoms with E-state index in [0.717, 1.165) is 61.6 Å². The lowest BCUT2D eigenvalue weighted by atomic mass is 9.91. The van der Waals surface area contributed by atoms with E-state index < -0.39 is 0 Å². The van der Waals surface area contributed by atoms with Crippen molar-refractivity contribution in [3.05, 3.63) is 72.8 Å². The van der Waals surface area contributed by atoms with Gasteiger partial charge in [0.1, 0.15) is 11.0 Å². The fraction of sp³-hybridized carbons (Fsp3) is 0.179. The van der Waals surface area contributed by atoms with Crippen LogP contribution in [0.25, 0.3) is 55.3 Å². The molecular weight excluding hydrogens is 480 g/mol. The van der Waals surface area contributed by atoms with E-state index in [2.05, 4.69) is 63.9 Å². The lowest BCUT2D eigenvalue weighted by molar-refractivity contribution is 0.411. The number of fused-ring (bicyclic) bond motifs is 2. The number of anilines is 1. The predicted molar refractivity (Wildman–Crippen MR) is 150 cm³/mol. The number of H-pyrrole nitrogens is 2. The Balaban J connectivity index is 1.36. The quantitative estimate of drug-likeness (QED) is 0.223. The highest BCUT2D eigenvalue weighted by molar-refractivity contribution is 7.13. The molecule has 0 amide bonds. The highest BCUT2D eigenvalue weighted by Crippen LogP contribution is 2.33. The second-order valence-corrected chi connectivity index (χ2v) is 11.2. The molecule has 0 saturated carbocycles. The van der Waals surface area contributed by atoms with Crippen LogP contribution in [0.15, 0.2) is 72.8 Å². The van der Waals surface area contributed by atoms with E-state index in [4.69, 9.17) is 9.97 Å². The number of rotatable bonds is 6. The number of aromatic amines is 2. The molecule has 9 heteroatoms. The molecule has 0 radical (unpaired) electrons. The lowest BCUT2D eigenvalue weighted by Gasteiger charge is -2.20. The van der Waals surface area contributed by atoms with Crippen molar-refractivity contribution in [3.8, 4) is 33.2 Å². The molecule has 0 fully saturated rings. The molecule has 0 aliphatic carbocycles. The van der Waals surface area contributed by atoms with E-state index in [1.807, 2.05) is 42.0 Å². The molecule has 3 N–H and O–H groups in total. The van der Waals surface area contributed by atoms with Gasteiger partial charge in [0.25, 0.3) is 0 Å². The van der Waals surface area contributed by atoms with Gasteiger partial charge < -0.3 is 10.3 Å². The number of pyridine rings is 3. The van der Waals surface area contributed by atoms with Crippen molar-refractivity contribution in [2.45, 2.75) is 27.2 Å². The molecule has 6 aromatic rings. The van der Waals surface area contributed by atoms with Crippen LogP contribution >= 0.6 is 11.3 Å². The van der Waals surface area contributed by atoms with Gasteiger partial charge in [-0.3, -0.25) is 15.1 Å². The first-order valence-electron chi connectivity index (χ1n) is 12.0. The van der Waals surface area contributed by atoms with Crippen molar-refractivity contribution < 1.29 is 0 Å². The molecule has 0 aliphatic rings. The van der Waals surface area contributed by atoms with Crippen LogP contribution in [0.5, 0.6) is 0 Å². The first-order valence-corrected chi connectivity index (χ1v) is 12.9. The van der Waals surface area contributed by atoms with Crippen LogP contribution in [0.4, 0.5) is 5.69 Å². The summed E-state index contributed by atoms with van der Waals surface area (Å²) in [4.78, 5) is 23.2. The van der Waals surface area contributed by atoms with Crippen LogP contribution in [-0.2, 0) is 0 Å². The van der Waals surface area contributed by atoms with Gasteiger partial charge in [0.15, 0.2) is 11.5 Å². The fourth-order valence-corrected chi connectivity index (χ4v) is 5.16. The summed E-state index contributed by atoms with van der Waals surface area (Å²) in [6, 6.07) is 10.1. The summed E-state index contributed by atoms with van der Waals surface area (Å²) in [5.41, 5.74) is 8.61. The van der Waals surface area contributed by atoms with Crippen molar-refractivity contribution in [1.82, 2.24) is 35.1 Å². The highest BCUT2D eigenvalue weighted by Gasteiger charge is 2.18. The van der Waals surface area contributed by atoms with Crippen molar-refractivity contribution >= 4 is 39.1 Å². The number of aromatic nitrogens is 7. The molecular formula is C28H26N8S. The fourth-order valence-electron chi connectivity index (χ4n) is 4.42. The van der Waals surface area contributed by atoms with E-state index >= 15 is 0 Å². The van der Waals surface area contributed by atoms with Gasteiger partial charge in [-0.05, 0) is 41.5 Å². The van der Waals surface area contributed by atoms with Gasteiger partial charge in [-0.2, -0.15) is 5.10 Å². The van der Waals surface area contributed by atoms with E-state index in [-0.39, 0.29) is 5.41 Å². The molecule has 184 valence electrons. The molecule has 0 aliphatic heterocycles. The SMILES string of the molecule is C=C(CC(C)(C)C)Nc1cncc(-c2ccc3[nH]nc(-c4nc5c(-c6cccs6)cncc5[nH]4)c3n2)c1. The number of hydrogen-bond donors (Lipinski definition) is 3. The summed E-state index contributed by atoms with van der Waals surface area (Å²) in [6.07, 6.45) is 8.11. The van der Waals surface area contributed by atoms with Gasteiger partial charge in [0.2, 0.25) is 0 Å². The zero-order valence-electron chi connectivity index (χ0n) is 20.8. The Hall–Kier alpha value is -4.37. The topological polar surface area (TPSA) is 108 Å². The third-order valence-electron chi connectivity index (χ3n) is 5.91. The summed E-state index contributed by atoms with van der Waals surface area (Å²) >= 11 is 1.66. The summed E-state index contributed by atoms with van der Waals surface area (Å²) in [6.45, 7) is 10.8. The second kappa shape index (κ2) is 8.94. The van der Waals surface area contributed by atoms with Crippen molar-refractivity contribution in [2.75, 3.05) is 5.32 Å². The molecule has 8 nitrogen and oxygen atoms in total. The zero-order valence-corrected chi connectivity index (χ0v) is 21.6. The van der Waals surface area contributed by atoms with Gasteiger partial charge in [-0.1, -0.05) is 33.4 Å². The van der Waals surface area contributed by atoms with Gasteiger partial charge in [0, 0.05) is 34.1 Å². The number of hydrogen-bond acceptors (Lipinski definition) is 7. The number of nitrogens with zero attached hydrogens (tertiary/aromatic N) is 5. The average Bonchev–Trinajstić information content (AvgIpc) is 3.61. The molecule has 6 aromatic heterocycles. The minimum Gasteiger partial charge on any atom is -0.358 e. The zero-order chi connectivity index (χ0) is 25.6. The van der Waals surface area contributed by atoms with Crippen LogP contribution in [-0.4, -0.2) is 35.1 Å². The standard InChI is InChI=1S/C28H26N8S/c1-16(11-28(2,3)4)31-18-10-17(12-29-13-18)20-7-8-21-25(32-20)26(36-35-21)27-33-22-15-30-14-19(24(22)34-27)23-6-5-9-37-23/h5-10,12-15,31H,1,11H2,2-4H3,(H,33,34)(H,35,36). The maximum atomic E-state index is 4.95. The summed E-state index contributed by atoms with van der Waals surface area (Å²) in [7, 11) is 0. The Kier molecular flexibility index (Phi) is 5.57. The van der Waals surface area contributed by atoms with E-state index in [1.54, 1.807) is 23.7 Å². The molecule has 0 spiro atoms. The van der Waals surface area contributed by atoms with Crippen molar-refractivity contribution in [3.63, 3.8) is 0 Å². The Morgan fingerprint density at radius 3 is 2.68 bits per heavy atom. The van der Waals surface area contributed by atoms with E-state index in [1.165, 1.54) is 0 Å². The Labute approximate surface area is 218 Å². The highest BCUT2D eigenvalue weighted by atomic mass is 32.1. The van der Waals surface area contributed by atoms with Crippen LogP contribution in [0, 0.1) is 5.41 Å². The Bertz CT molecular complexity index is 1740. The number of nitrogens with one attached hydrogen (secondary N) is 3. The van der Waals surface area contributed by atoms with Crippen LogP contribution in [0.1, 0.15) is 27.2 Å². The van der Waals surface area contributed by atoms with Crippen LogP contribution in [0.2, 0.25) is 0 Å². The second-order valence-electron chi connectivity index (χ2n) is 10.2. The predicted octanol–water partition coefficient (Wildman–Crippen LogP) is 7.05. The Morgan fingerprint density at radius 2 is 1.86 bits per heavy atom. The third-order valence-corrected chi connectivity index (χ3v) is 6.81. The molecule has 0 bridgehead atoms. The van der Waals surface area contributed by atoms with Gasteiger partial charge >= 0.3 is 0 Å². The summed E-state index contributed by atoms with van der Waals surface area (Å²) < 4.78 is 0. The Morgan fingerprint density at radius 1 is 1.00 bits per heavy atom. The minimum absolute atomic E-state index is 0.149. The average molecular weight is 507 g/mol. The molecule has 0 saturated heterocycles. The smallest absolute Gasteiger partial charge is 0.161 e. The largest absolute Gasteiger partial charge is 0.358 e. The van der Waals surface area contributed by atoms with E-state index in [0.29, 0.717) is 11.5 Å². The van der Waals surface area contributed by atoms with Crippen LogP contribution in [0.3, 0.4) is 0 Å². The number of allylic oxidation sites excluding steroid dienone is 1. The molecule has 0 atom stereocenters. The number of imidazole rings is 1. The maximum absolute atomic E-state index is 4.95. The van der Waals surface area contributed by atoms with Crippen molar-refractivity contribution in [2.24, 2.45) is 5.41 Å². The van der Waals surface area contributed by atoms with Gasteiger partial charge in [-0.25, -0.2) is 9.97 Å².